The molecule has 2 rings (SSSR count). The molecular formula is C17H22N2O4. The average molecular weight is 318 g/mol. The van der Waals surface area contributed by atoms with Crippen LogP contribution < -0.4 is 9.64 Å². The molecule has 0 N–H and O–H groups in total. The number of carbonyl (C=O) groups is 3. The van der Waals surface area contributed by atoms with E-state index in [2.05, 4.69) is 0 Å². The third kappa shape index (κ3) is 3.88. The van der Waals surface area contributed by atoms with Gasteiger partial charge in [-0.2, -0.15) is 0 Å². The van der Waals surface area contributed by atoms with Gasteiger partial charge in [-0.15, -0.1) is 0 Å². The highest BCUT2D eigenvalue weighted by Gasteiger charge is 2.28. The standard InChI is InChI=1S/C17H22N2O4/c1-3-7-18(8-4-2)16(21)10-19-14-9-13(11-20)5-6-15(14)23-12-17(19)22/h5-6,9,11H,3-4,7-8,10,12H2,1-2H3. The van der Waals surface area contributed by atoms with E-state index in [-0.39, 0.29) is 25.0 Å². The second-order valence-corrected chi connectivity index (χ2v) is 5.49. The van der Waals surface area contributed by atoms with Crippen molar-refractivity contribution >= 4 is 23.8 Å². The second-order valence-electron chi connectivity index (χ2n) is 5.49. The lowest BCUT2D eigenvalue weighted by Gasteiger charge is -2.31. The highest BCUT2D eigenvalue weighted by molar-refractivity contribution is 6.02. The minimum atomic E-state index is -0.276. The molecule has 0 aliphatic carbocycles. The number of rotatable bonds is 7. The van der Waals surface area contributed by atoms with Crippen LogP contribution in [0.1, 0.15) is 37.0 Å². The quantitative estimate of drug-likeness (QED) is 0.720. The lowest BCUT2D eigenvalue weighted by molar-refractivity contribution is -0.132. The number of anilines is 1. The number of hydrogen-bond acceptors (Lipinski definition) is 4. The Bertz CT molecular complexity index is 594. The number of aldehydes is 1. The summed E-state index contributed by atoms with van der Waals surface area (Å²) in [6.45, 7) is 5.25. The number of carbonyl (C=O) groups excluding carboxylic acids is 3. The summed E-state index contributed by atoms with van der Waals surface area (Å²) in [7, 11) is 0. The van der Waals surface area contributed by atoms with E-state index in [1.54, 1.807) is 23.1 Å². The topological polar surface area (TPSA) is 66.9 Å². The molecule has 0 saturated heterocycles. The minimum absolute atomic E-state index is 0.0303. The molecule has 0 bridgehead atoms. The van der Waals surface area contributed by atoms with Crippen LogP contribution in [0, 0.1) is 0 Å². The normalized spacial score (nSPS) is 13.3. The van der Waals surface area contributed by atoms with Gasteiger partial charge in [0.2, 0.25) is 5.91 Å². The van der Waals surface area contributed by atoms with Crippen LogP contribution in [0.15, 0.2) is 18.2 Å². The Balaban J connectivity index is 2.23. The highest BCUT2D eigenvalue weighted by Crippen LogP contribution is 2.32. The molecule has 1 aliphatic heterocycles. The van der Waals surface area contributed by atoms with Crippen molar-refractivity contribution < 1.29 is 19.1 Å². The molecule has 0 spiro atoms. The molecular weight excluding hydrogens is 296 g/mol. The first kappa shape index (κ1) is 17.0. The molecule has 1 aromatic rings. The summed E-state index contributed by atoms with van der Waals surface area (Å²) < 4.78 is 5.37. The Morgan fingerprint density at radius 2 is 2.00 bits per heavy atom. The first-order valence-corrected chi connectivity index (χ1v) is 7.90. The van der Waals surface area contributed by atoms with Crippen LogP contribution in [-0.2, 0) is 9.59 Å². The Morgan fingerprint density at radius 1 is 1.30 bits per heavy atom. The minimum Gasteiger partial charge on any atom is -0.482 e. The van der Waals surface area contributed by atoms with Gasteiger partial charge in [0.05, 0.1) is 5.69 Å². The molecule has 0 aromatic heterocycles. The molecule has 0 atom stereocenters. The van der Waals surface area contributed by atoms with E-state index >= 15 is 0 Å². The van der Waals surface area contributed by atoms with Crippen LogP contribution >= 0.6 is 0 Å². The Labute approximate surface area is 136 Å². The van der Waals surface area contributed by atoms with Crippen molar-refractivity contribution in [2.75, 3.05) is 31.1 Å². The molecule has 0 unspecified atom stereocenters. The predicted molar refractivity (Wildman–Crippen MR) is 86.8 cm³/mol. The number of hydrogen-bond donors (Lipinski definition) is 0. The maximum absolute atomic E-state index is 12.5. The molecule has 0 saturated carbocycles. The van der Waals surface area contributed by atoms with Crippen molar-refractivity contribution in [3.63, 3.8) is 0 Å². The van der Waals surface area contributed by atoms with Gasteiger partial charge in [0.1, 0.15) is 18.6 Å². The molecule has 1 aliphatic rings. The Kier molecular flexibility index (Phi) is 5.73. The third-order valence-electron chi connectivity index (χ3n) is 3.70. The zero-order chi connectivity index (χ0) is 16.8. The van der Waals surface area contributed by atoms with E-state index in [0.29, 0.717) is 36.4 Å². The van der Waals surface area contributed by atoms with Crippen LogP contribution in [0.4, 0.5) is 5.69 Å². The molecule has 0 fully saturated rings. The first-order chi connectivity index (χ1) is 11.1. The molecule has 124 valence electrons. The zero-order valence-corrected chi connectivity index (χ0v) is 13.6. The van der Waals surface area contributed by atoms with E-state index in [9.17, 15) is 14.4 Å². The van der Waals surface area contributed by atoms with Gasteiger partial charge in [-0.1, -0.05) is 13.8 Å². The van der Waals surface area contributed by atoms with Crippen LogP contribution in [0.25, 0.3) is 0 Å². The number of fused-ring (bicyclic) bond motifs is 1. The van der Waals surface area contributed by atoms with Gasteiger partial charge in [-0.3, -0.25) is 19.3 Å². The van der Waals surface area contributed by atoms with Gasteiger partial charge < -0.3 is 9.64 Å². The number of benzene rings is 1. The van der Waals surface area contributed by atoms with Crippen LogP contribution in [0.5, 0.6) is 5.75 Å². The highest BCUT2D eigenvalue weighted by atomic mass is 16.5. The van der Waals surface area contributed by atoms with Crippen LogP contribution in [0.2, 0.25) is 0 Å². The lowest BCUT2D eigenvalue weighted by atomic mass is 10.1. The van der Waals surface area contributed by atoms with Crippen molar-refractivity contribution in [2.45, 2.75) is 26.7 Å². The van der Waals surface area contributed by atoms with Gasteiger partial charge in [0.25, 0.3) is 5.91 Å². The average Bonchev–Trinajstić information content (AvgIpc) is 2.56. The largest absolute Gasteiger partial charge is 0.482 e. The van der Waals surface area contributed by atoms with Gasteiger partial charge in [-0.05, 0) is 31.0 Å². The van der Waals surface area contributed by atoms with Gasteiger partial charge in [0, 0.05) is 18.7 Å². The first-order valence-electron chi connectivity index (χ1n) is 7.90. The molecule has 23 heavy (non-hydrogen) atoms. The van der Waals surface area contributed by atoms with Crippen molar-refractivity contribution in [1.82, 2.24) is 4.90 Å². The number of nitrogens with zero attached hydrogens (tertiary/aromatic N) is 2. The van der Waals surface area contributed by atoms with E-state index in [1.807, 2.05) is 13.8 Å². The molecule has 1 aromatic carbocycles. The van der Waals surface area contributed by atoms with E-state index in [4.69, 9.17) is 4.74 Å². The molecule has 6 heteroatoms. The molecule has 1 heterocycles. The molecule has 6 nitrogen and oxygen atoms in total. The van der Waals surface area contributed by atoms with Gasteiger partial charge in [0.15, 0.2) is 6.61 Å². The van der Waals surface area contributed by atoms with Crippen molar-refractivity contribution in [2.24, 2.45) is 0 Å². The maximum Gasteiger partial charge on any atom is 0.265 e. The summed E-state index contributed by atoms with van der Waals surface area (Å²) in [6, 6.07) is 4.86. The van der Waals surface area contributed by atoms with E-state index in [0.717, 1.165) is 12.8 Å². The van der Waals surface area contributed by atoms with Gasteiger partial charge >= 0.3 is 0 Å². The van der Waals surface area contributed by atoms with Gasteiger partial charge in [-0.25, -0.2) is 0 Å². The predicted octanol–water partition coefficient (Wildman–Crippen LogP) is 1.87. The van der Waals surface area contributed by atoms with Crippen molar-refractivity contribution in [3.8, 4) is 5.75 Å². The fourth-order valence-electron chi connectivity index (χ4n) is 2.60. The molecule has 2 amide bonds. The Morgan fingerprint density at radius 3 is 2.61 bits per heavy atom. The van der Waals surface area contributed by atoms with E-state index in [1.165, 1.54) is 4.90 Å². The fraction of sp³-hybridized carbons (Fsp3) is 0.471. The SMILES string of the molecule is CCCN(CCC)C(=O)CN1C(=O)COc2ccc(C=O)cc21. The van der Waals surface area contributed by atoms with Crippen LogP contribution in [-0.4, -0.2) is 49.2 Å². The summed E-state index contributed by atoms with van der Waals surface area (Å²) >= 11 is 0. The summed E-state index contributed by atoms with van der Waals surface area (Å²) in [5.74, 6) is 0.147. The second kappa shape index (κ2) is 7.76. The summed E-state index contributed by atoms with van der Waals surface area (Å²) in [4.78, 5) is 38.8. The smallest absolute Gasteiger partial charge is 0.265 e. The monoisotopic (exact) mass is 318 g/mol. The van der Waals surface area contributed by atoms with Crippen molar-refractivity contribution in [1.29, 1.82) is 0 Å². The summed E-state index contributed by atoms with van der Waals surface area (Å²) in [5.41, 5.74) is 0.922. The van der Waals surface area contributed by atoms with Crippen LogP contribution in [0.3, 0.4) is 0 Å². The van der Waals surface area contributed by atoms with E-state index < -0.39 is 0 Å². The summed E-state index contributed by atoms with van der Waals surface area (Å²) in [5, 5.41) is 0. The fourth-order valence-corrected chi connectivity index (χ4v) is 2.60. The van der Waals surface area contributed by atoms with Crippen molar-refractivity contribution in [3.05, 3.63) is 23.8 Å². The Hall–Kier alpha value is -2.37. The number of ether oxygens (including phenoxy) is 1. The number of amides is 2. The summed E-state index contributed by atoms with van der Waals surface area (Å²) in [6.07, 6.45) is 2.45. The maximum atomic E-state index is 12.5. The zero-order valence-electron chi connectivity index (χ0n) is 13.6. The molecule has 0 radical (unpaired) electrons. The lowest BCUT2D eigenvalue weighted by Crippen LogP contribution is -2.46. The third-order valence-corrected chi connectivity index (χ3v) is 3.70.